The van der Waals surface area contributed by atoms with Gasteiger partial charge in [-0.1, -0.05) is 5.16 Å². The quantitative estimate of drug-likeness (QED) is 0.813. The summed E-state index contributed by atoms with van der Waals surface area (Å²) in [4.78, 5) is 15.7. The zero-order valence-corrected chi connectivity index (χ0v) is 13.6. The normalized spacial score (nSPS) is 19.5. The van der Waals surface area contributed by atoms with Crippen molar-refractivity contribution in [3.05, 3.63) is 65.8 Å². The number of hydrogen-bond acceptors (Lipinski definition) is 5. The van der Waals surface area contributed by atoms with Crippen LogP contribution in [-0.4, -0.2) is 34.2 Å². The van der Waals surface area contributed by atoms with Crippen LogP contribution in [0.5, 0.6) is 0 Å². The van der Waals surface area contributed by atoms with Gasteiger partial charge in [0.15, 0.2) is 0 Å². The van der Waals surface area contributed by atoms with Crippen LogP contribution in [0.3, 0.4) is 0 Å². The molecule has 5 nitrogen and oxygen atoms in total. The minimum atomic E-state index is 0.0334. The second kappa shape index (κ2) is 6.60. The van der Waals surface area contributed by atoms with Gasteiger partial charge in [-0.3, -0.25) is 9.97 Å². The molecular weight excluding hydrogens is 288 g/mol. The van der Waals surface area contributed by atoms with Crippen molar-refractivity contribution in [2.45, 2.75) is 19.9 Å². The van der Waals surface area contributed by atoms with E-state index in [9.17, 15) is 0 Å². The van der Waals surface area contributed by atoms with Gasteiger partial charge in [-0.05, 0) is 43.7 Å². The molecule has 0 fully saturated rings. The zero-order chi connectivity index (χ0) is 16.2. The second-order valence-corrected chi connectivity index (χ2v) is 5.34. The van der Waals surface area contributed by atoms with Crippen molar-refractivity contribution in [2.24, 2.45) is 5.16 Å². The van der Waals surface area contributed by atoms with E-state index in [1.165, 1.54) is 5.70 Å². The molecule has 2 aromatic heterocycles. The van der Waals surface area contributed by atoms with Crippen molar-refractivity contribution in [3.8, 4) is 0 Å². The molecule has 23 heavy (non-hydrogen) atoms. The third-order valence-corrected chi connectivity index (χ3v) is 4.10. The average molecular weight is 308 g/mol. The number of aromatic nitrogens is 2. The van der Waals surface area contributed by atoms with E-state index in [0.717, 1.165) is 29.0 Å². The topological polar surface area (TPSA) is 50.6 Å². The van der Waals surface area contributed by atoms with Gasteiger partial charge in [0.2, 0.25) is 0 Å². The molecule has 1 unspecified atom stereocenters. The van der Waals surface area contributed by atoms with Crippen LogP contribution in [0.25, 0.3) is 5.70 Å². The molecule has 0 aromatic carbocycles. The third-order valence-electron chi connectivity index (χ3n) is 4.10. The zero-order valence-electron chi connectivity index (χ0n) is 13.6. The smallest absolute Gasteiger partial charge is 0.112 e. The molecule has 3 rings (SSSR count). The molecule has 0 N–H and O–H groups in total. The Labute approximate surface area is 136 Å². The van der Waals surface area contributed by atoms with Crippen LogP contribution < -0.4 is 0 Å². The maximum absolute atomic E-state index is 5.12. The van der Waals surface area contributed by atoms with E-state index >= 15 is 0 Å². The van der Waals surface area contributed by atoms with Crippen LogP contribution in [0.2, 0.25) is 0 Å². The van der Waals surface area contributed by atoms with Gasteiger partial charge in [0.25, 0.3) is 0 Å². The molecule has 0 saturated carbocycles. The minimum absolute atomic E-state index is 0.0334. The van der Waals surface area contributed by atoms with Crippen LogP contribution in [0.15, 0.2) is 59.8 Å². The van der Waals surface area contributed by atoms with Gasteiger partial charge in [0.05, 0.1) is 0 Å². The first kappa shape index (κ1) is 15.2. The predicted octanol–water partition coefficient (Wildman–Crippen LogP) is 3.29. The molecule has 3 heterocycles. The highest BCUT2D eigenvalue weighted by Gasteiger charge is 2.37. The van der Waals surface area contributed by atoms with Crippen molar-refractivity contribution in [1.29, 1.82) is 0 Å². The van der Waals surface area contributed by atoms with Crippen LogP contribution in [0.1, 0.15) is 31.0 Å². The Morgan fingerprint density at radius 3 is 2.26 bits per heavy atom. The monoisotopic (exact) mass is 308 g/mol. The van der Waals surface area contributed by atoms with Crippen molar-refractivity contribution in [3.63, 3.8) is 0 Å². The summed E-state index contributed by atoms with van der Waals surface area (Å²) in [6, 6.07) is 8.15. The number of hydrogen-bond donors (Lipinski definition) is 0. The van der Waals surface area contributed by atoms with Crippen molar-refractivity contribution < 1.29 is 4.84 Å². The van der Waals surface area contributed by atoms with Crippen LogP contribution in [0, 0.1) is 0 Å². The minimum Gasteiger partial charge on any atom is -0.399 e. The summed E-state index contributed by atoms with van der Waals surface area (Å²) in [5, 5.41) is 4.32. The lowest BCUT2D eigenvalue weighted by Crippen LogP contribution is -2.26. The number of pyridine rings is 2. The van der Waals surface area contributed by atoms with Gasteiger partial charge < -0.3 is 9.74 Å². The summed E-state index contributed by atoms with van der Waals surface area (Å²) >= 11 is 0. The Morgan fingerprint density at radius 1 is 1.09 bits per heavy atom. The molecule has 0 radical (unpaired) electrons. The number of rotatable bonds is 4. The van der Waals surface area contributed by atoms with Crippen molar-refractivity contribution >= 4 is 11.4 Å². The fraction of sp³-hybridized carbons (Fsp3) is 0.278. The summed E-state index contributed by atoms with van der Waals surface area (Å²) < 4.78 is 0. The van der Waals surface area contributed by atoms with Crippen LogP contribution >= 0.6 is 0 Å². The molecule has 1 aliphatic rings. The molecule has 1 atom stereocenters. The van der Waals surface area contributed by atoms with E-state index in [1.54, 1.807) is 7.11 Å². The molecule has 118 valence electrons. The van der Waals surface area contributed by atoms with Gasteiger partial charge in [-0.25, -0.2) is 0 Å². The number of nitrogens with zero attached hydrogens (tertiary/aromatic N) is 4. The Hall–Kier alpha value is -2.69. The van der Waals surface area contributed by atoms with E-state index in [0.29, 0.717) is 0 Å². The maximum Gasteiger partial charge on any atom is 0.112 e. The van der Waals surface area contributed by atoms with Gasteiger partial charge in [0.1, 0.15) is 18.9 Å². The number of oxime groups is 1. The first-order valence-electron chi connectivity index (χ1n) is 7.67. The SMILES string of the molecule is CCN1C(c2ccncc2)=C(C)C(=NOC)C1c1ccncc1. The average Bonchev–Trinajstić information content (AvgIpc) is 2.89. The highest BCUT2D eigenvalue weighted by molar-refractivity contribution is 6.13. The van der Waals surface area contributed by atoms with Crippen LogP contribution in [-0.2, 0) is 4.84 Å². The summed E-state index contributed by atoms with van der Waals surface area (Å²) in [7, 11) is 1.59. The summed E-state index contributed by atoms with van der Waals surface area (Å²) in [6.45, 7) is 5.11. The molecule has 0 bridgehead atoms. The largest absolute Gasteiger partial charge is 0.399 e. The molecule has 5 heteroatoms. The van der Waals surface area contributed by atoms with Gasteiger partial charge >= 0.3 is 0 Å². The molecule has 0 spiro atoms. The molecular formula is C18H20N4O. The lowest BCUT2D eigenvalue weighted by Gasteiger charge is -2.28. The lowest BCUT2D eigenvalue weighted by molar-refractivity contribution is 0.210. The highest BCUT2D eigenvalue weighted by atomic mass is 16.6. The Kier molecular flexibility index (Phi) is 4.37. The van der Waals surface area contributed by atoms with Gasteiger partial charge in [-0.15, -0.1) is 0 Å². The first-order chi connectivity index (χ1) is 11.3. The first-order valence-corrected chi connectivity index (χ1v) is 7.67. The second-order valence-electron chi connectivity index (χ2n) is 5.34. The fourth-order valence-corrected chi connectivity index (χ4v) is 3.15. The fourth-order valence-electron chi connectivity index (χ4n) is 3.15. The molecule has 0 saturated heterocycles. The Bertz CT molecular complexity index is 725. The van der Waals surface area contributed by atoms with E-state index in [4.69, 9.17) is 4.84 Å². The highest BCUT2D eigenvalue weighted by Crippen LogP contribution is 2.41. The van der Waals surface area contributed by atoms with Crippen LogP contribution in [0.4, 0.5) is 0 Å². The van der Waals surface area contributed by atoms with E-state index in [1.807, 2.05) is 49.1 Å². The van der Waals surface area contributed by atoms with E-state index in [2.05, 4.69) is 33.9 Å². The van der Waals surface area contributed by atoms with Crippen molar-refractivity contribution in [1.82, 2.24) is 14.9 Å². The maximum atomic E-state index is 5.12. The Morgan fingerprint density at radius 2 is 1.70 bits per heavy atom. The van der Waals surface area contributed by atoms with Crippen molar-refractivity contribution in [2.75, 3.05) is 13.7 Å². The van der Waals surface area contributed by atoms with Gasteiger partial charge in [-0.2, -0.15) is 0 Å². The predicted molar refractivity (Wildman–Crippen MR) is 90.6 cm³/mol. The molecule has 1 aliphatic heterocycles. The van der Waals surface area contributed by atoms with E-state index in [-0.39, 0.29) is 6.04 Å². The standard InChI is InChI=1S/C18H20N4O/c1-4-22-17(14-5-9-19-10-6-14)13(2)16(21-23-3)18(22)15-7-11-20-12-8-15/h5-12,18H,4H2,1-3H3. The molecule has 2 aromatic rings. The summed E-state index contributed by atoms with van der Waals surface area (Å²) in [5.74, 6) is 0. The molecule has 0 aliphatic carbocycles. The molecule has 0 amide bonds. The third kappa shape index (κ3) is 2.70. The van der Waals surface area contributed by atoms with Gasteiger partial charge in [0, 0.05) is 48.2 Å². The summed E-state index contributed by atoms with van der Waals surface area (Å²) in [6.07, 6.45) is 7.26. The lowest BCUT2D eigenvalue weighted by atomic mass is 10.0. The Balaban J connectivity index is 2.15. The summed E-state index contributed by atoms with van der Waals surface area (Å²) in [5.41, 5.74) is 5.53. The van der Waals surface area contributed by atoms with E-state index < -0.39 is 0 Å².